The fourth-order valence-corrected chi connectivity index (χ4v) is 2.36. The van der Waals surface area contributed by atoms with Crippen molar-refractivity contribution in [3.8, 4) is 5.75 Å². The fourth-order valence-electron chi connectivity index (χ4n) is 2.36. The molecule has 0 unspecified atom stereocenters. The van der Waals surface area contributed by atoms with Gasteiger partial charge < -0.3 is 15.4 Å². The molecule has 24 heavy (non-hydrogen) atoms. The smallest absolute Gasteiger partial charge is 0.221 e. The van der Waals surface area contributed by atoms with E-state index in [0.29, 0.717) is 25.9 Å². The van der Waals surface area contributed by atoms with Gasteiger partial charge in [-0.3, -0.25) is 4.79 Å². The van der Waals surface area contributed by atoms with Crippen LogP contribution in [-0.4, -0.2) is 26.1 Å². The van der Waals surface area contributed by atoms with Gasteiger partial charge in [-0.1, -0.05) is 18.2 Å². The molecule has 2 N–H and O–H groups in total. The third-order valence-electron chi connectivity index (χ3n) is 3.67. The lowest BCUT2D eigenvalue weighted by Gasteiger charge is -2.12. The monoisotopic (exact) mass is 330 g/mol. The van der Waals surface area contributed by atoms with Crippen molar-refractivity contribution in [2.24, 2.45) is 0 Å². The van der Waals surface area contributed by atoms with Crippen molar-refractivity contribution < 1.29 is 13.9 Å². The van der Waals surface area contributed by atoms with Crippen LogP contribution in [0.25, 0.3) is 0 Å². The molecule has 0 aliphatic heterocycles. The highest BCUT2D eigenvalue weighted by Crippen LogP contribution is 2.24. The Balaban J connectivity index is 1.70. The first-order chi connectivity index (χ1) is 11.6. The molecule has 0 aromatic heterocycles. The molecule has 0 aliphatic carbocycles. The first-order valence-electron chi connectivity index (χ1n) is 7.98. The number of anilines is 1. The molecule has 0 atom stereocenters. The number of carbonyl (C=O) groups is 1. The van der Waals surface area contributed by atoms with Crippen LogP contribution in [-0.2, 0) is 11.2 Å². The quantitative estimate of drug-likeness (QED) is 0.781. The van der Waals surface area contributed by atoms with Gasteiger partial charge in [0.1, 0.15) is 11.6 Å². The van der Waals surface area contributed by atoms with Crippen molar-refractivity contribution in [3.63, 3.8) is 0 Å². The number of ether oxygens (including phenoxy) is 1. The maximum absolute atomic E-state index is 12.8. The van der Waals surface area contributed by atoms with Crippen LogP contribution in [0.2, 0.25) is 0 Å². The molecule has 0 radical (unpaired) electrons. The summed E-state index contributed by atoms with van der Waals surface area (Å²) in [6.45, 7) is 3.08. The van der Waals surface area contributed by atoms with Crippen LogP contribution in [0.5, 0.6) is 5.75 Å². The second kappa shape index (κ2) is 8.91. The SMILES string of the molecule is COc1ccc(C)cc1NCCC(=O)NCCc1ccc(F)cc1. The molecule has 1 amide bonds. The molecule has 0 saturated carbocycles. The van der Waals surface area contributed by atoms with Crippen molar-refractivity contribution in [1.82, 2.24) is 5.32 Å². The van der Waals surface area contributed by atoms with Gasteiger partial charge in [-0.05, 0) is 48.7 Å². The van der Waals surface area contributed by atoms with Crippen LogP contribution in [0.15, 0.2) is 42.5 Å². The lowest BCUT2D eigenvalue weighted by molar-refractivity contribution is -0.120. The van der Waals surface area contributed by atoms with E-state index in [0.717, 1.165) is 22.6 Å². The molecule has 0 heterocycles. The van der Waals surface area contributed by atoms with E-state index in [-0.39, 0.29) is 11.7 Å². The summed E-state index contributed by atoms with van der Waals surface area (Å²) in [6.07, 6.45) is 1.06. The van der Waals surface area contributed by atoms with E-state index < -0.39 is 0 Å². The van der Waals surface area contributed by atoms with Crippen LogP contribution >= 0.6 is 0 Å². The number of carbonyl (C=O) groups excluding carboxylic acids is 1. The minimum atomic E-state index is -0.250. The maximum atomic E-state index is 12.8. The van der Waals surface area contributed by atoms with Crippen LogP contribution in [0, 0.1) is 12.7 Å². The normalized spacial score (nSPS) is 10.3. The summed E-state index contributed by atoms with van der Waals surface area (Å²) >= 11 is 0. The number of aryl methyl sites for hydroxylation is 1. The summed E-state index contributed by atoms with van der Waals surface area (Å²) in [5, 5.41) is 6.09. The topological polar surface area (TPSA) is 50.4 Å². The molecule has 5 heteroatoms. The molecule has 0 bridgehead atoms. The first-order valence-corrected chi connectivity index (χ1v) is 7.98. The Morgan fingerprint density at radius 3 is 2.58 bits per heavy atom. The van der Waals surface area contributed by atoms with Gasteiger partial charge in [-0.15, -0.1) is 0 Å². The molecule has 0 fully saturated rings. The summed E-state index contributed by atoms with van der Waals surface area (Å²) in [5.74, 6) is 0.494. The van der Waals surface area contributed by atoms with Gasteiger partial charge in [-0.2, -0.15) is 0 Å². The molecule has 128 valence electrons. The highest BCUT2D eigenvalue weighted by Gasteiger charge is 2.05. The summed E-state index contributed by atoms with van der Waals surface area (Å²) < 4.78 is 18.1. The fraction of sp³-hybridized carbons (Fsp3) is 0.316. The molecular weight excluding hydrogens is 307 g/mol. The standard InChI is InChI=1S/C19H23FN2O2/c1-14-3-8-18(24-2)17(13-14)21-12-10-19(23)22-11-9-15-4-6-16(20)7-5-15/h3-8,13,21H,9-12H2,1-2H3,(H,22,23). The molecule has 2 aromatic rings. The zero-order valence-corrected chi connectivity index (χ0v) is 14.1. The number of benzene rings is 2. The minimum absolute atomic E-state index is 0.0174. The van der Waals surface area contributed by atoms with E-state index in [1.165, 1.54) is 12.1 Å². The molecule has 2 aromatic carbocycles. The van der Waals surface area contributed by atoms with E-state index in [1.54, 1.807) is 19.2 Å². The van der Waals surface area contributed by atoms with Crippen LogP contribution in [0.4, 0.5) is 10.1 Å². The summed E-state index contributed by atoms with van der Waals surface area (Å²) in [7, 11) is 1.62. The average molecular weight is 330 g/mol. The van der Waals surface area contributed by atoms with E-state index >= 15 is 0 Å². The Hall–Kier alpha value is -2.56. The van der Waals surface area contributed by atoms with Gasteiger partial charge >= 0.3 is 0 Å². The number of amides is 1. The Morgan fingerprint density at radius 1 is 1.12 bits per heavy atom. The summed E-state index contributed by atoms with van der Waals surface area (Å²) in [4.78, 5) is 11.9. The van der Waals surface area contributed by atoms with Crippen molar-refractivity contribution in [1.29, 1.82) is 0 Å². The molecule has 0 saturated heterocycles. The number of rotatable bonds is 8. The van der Waals surface area contributed by atoms with E-state index in [4.69, 9.17) is 4.74 Å². The lowest BCUT2D eigenvalue weighted by atomic mass is 10.1. The van der Waals surface area contributed by atoms with Crippen LogP contribution < -0.4 is 15.4 Å². The van der Waals surface area contributed by atoms with E-state index in [1.807, 2.05) is 25.1 Å². The van der Waals surface area contributed by atoms with E-state index in [9.17, 15) is 9.18 Å². The van der Waals surface area contributed by atoms with Gasteiger partial charge in [0.15, 0.2) is 0 Å². The number of hydrogen-bond acceptors (Lipinski definition) is 3. The zero-order chi connectivity index (χ0) is 17.4. The largest absolute Gasteiger partial charge is 0.495 e. The second-order valence-electron chi connectivity index (χ2n) is 5.61. The molecular formula is C19H23FN2O2. The lowest BCUT2D eigenvalue weighted by Crippen LogP contribution is -2.27. The third kappa shape index (κ3) is 5.57. The van der Waals surface area contributed by atoms with Gasteiger partial charge in [0, 0.05) is 19.5 Å². The Bertz CT molecular complexity index is 672. The minimum Gasteiger partial charge on any atom is -0.495 e. The highest BCUT2D eigenvalue weighted by atomic mass is 19.1. The average Bonchev–Trinajstić information content (AvgIpc) is 2.57. The Morgan fingerprint density at radius 2 is 1.88 bits per heavy atom. The number of nitrogens with one attached hydrogen (secondary N) is 2. The molecule has 0 spiro atoms. The number of hydrogen-bond donors (Lipinski definition) is 2. The van der Waals surface area contributed by atoms with Crippen molar-refractivity contribution in [2.45, 2.75) is 19.8 Å². The van der Waals surface area contributed by atoms with Crippen LogP contribution in [0.1, 0.15) is 17.5 Å². The second-order valence-corrected chi connectivity index (χ2v) is 5.61. The van der Waals surface area contributed by atoms with E-state index in [2.05, 4.69) is 10.6 Å². The third-order valence-corrected chi connectivity index (χ3v) is 3.67. The maximum Gasteiger partial charge on any atom is 0.221 e. The zero-order valence-electron chi connectivity index (χ0n) is 14.1. The van der Waals surface area contributed by atoms with Crippen molar-refractivity contribution in [3.05, 3.63) is 59.4 Å². The van der Waals surface area contributed by atoms with Crippen molar-refractivity contribution >= 4 is 11.6 Å². The Kier molecular flexibility index (Phi) is 6.61. The van der Waals surface area contributed by atoms with Gasteiger partial charge in [0.2, 0.25) is 5.91 Å². The van der Waals surface area contributed by atoms with Gasteiger partial charge in [0.25, 0.3) is 0 Å². The van der Waals surface area contributed by atoms with Gasteiger partial charge in [-0.25, -0.2) is 4.39 Å². The Labute approximate surface area is 142 Å². The summed E-state index contributed by atoms with van der Waals surface area (Å²) in [5.41, 5.74) is 3.01. The highest BCUT2D eigenvalue weighted by molar-refractivity contribution is 5.76. The molecule has 4 nitrogen and oxygen atoms in total. The van der Waals surface area contributed by atoms with Crippen molar-refractivity contribution in [2.75, 3.05) is 25.5 Å². The predicted molar refractivity (Wildman–Crippen MR) is 94.0 cm³/mol. The predicted octanol–water partition coefficient (Wildman–Crippen LogP) is 3.30. The number of methoxy groups -OCH3 is 1. The summed E-state index contributed by atoms with van der Waals surface area (Å²) in [6, 6.07) is 12.2. The number of halogens is 1. The first kappa shape index (κ1) is 17.8. The van der Waals surface area contributed by atoms with Gasteiger partial charge in [0.05, 0.1) is 12.8 Å². The molecule has 0 aliphatic rings. The van der Waals surface area contributed by atoms with Crippen LogP contribution in [0.3, 0.4) is 0 Å². The molecule has 2 rings (SSSR count).